The van der Waals surface area contributed by atoms with Gasteiger partial charge in [-0.2, -0.15) is 10.1 Å². The van der Waals surface area contributed by atoms with Crippen molar-refractivity contribution >= 4 is 23.5 Å². The highest BCUT2D eigenvalue weighted by atomic mass is 19.1. The number of benzene rings is 1. The number of H-pyrrole nitrogens is 1. The van der Waals surface area contributed by atoms with Crippen molar-refractivity contribution in [2.45, 2.75) is 12.3 Å². The lowest BCUT2D eigenvalue weighted by atomic mass is 9.89. The van der Waals surface area contributed by atoms with E-state index in [0.717, 1.165) is 0 Å². The van der Waals surface area contributed by atoms with Crippen molar-refractivity contribution in [1.82, 2.24) is 20.1 Å². The van der Waals surface area contributed by atoms with E-state index in [1.165, 1.54) is 24.5 Å². The van der Waals surface area contributed by atoms with Crippen LogP contribution in [0.4, 0.5) is 16.0 Å². The van der Waals surface area contributed by atoms with Gasteiger partial charge in [0, 0.05) is 38.3 Å². The van der Waals surface area contributed by atoms with Crippen LogP contribution in [-0.4, -0.2) is 58.1 Å². The fourth-order valence-electron chi connectivity index (χ4n) is 3.36. The molecule has 0 unspecified atom stereocenters. The second-order valence-electron chi connectivity index (χ2n) is 6.16. The van der Waals surface area contributed by atoms with Crippen molar-refractivity contribution in [3.05, 3.63) is 35.9 Å². The summed E-state index contributed by atoms with van der Waals surface area (Å²) >= 11 is 0. The van der Waals surface area contributed by atoms with Crippen LogP contribution in [0.25, 0.3) is 0 Å². The summed E-state index contributed by atoms with van der Waals surface area (Å²) < 4.78 is 13.6. The minimum Gasteiger partial charge on any atom is -0.339 e. The SMILES string of the molecule is O=C1C[C@H](C(=O)N2CCN(c3ncn[nH]3)CC2)c2cc(F)ccc2N1. The second kappa shape index (κ2) is 6.15. The molecule has 0 aliphatic carbocycles. The van der Waals surface area contributed by atoms with Crippen LogP contribution in [0.1, 0.15) is 17.9 Å². The number of fused-ring (bicyclic) bond motifs is 1. The summed E-state index contributed by atoms with van der Waals surface area (Å²) in [5.41, 5.74) is 1.05. The summed E-state index contributed by atoms with van der Waals surface area (Å²) in [7, 11) is 0. The Labute approximate surface area is 143 Å². The lowest BCUT2D eigenvalue weighted by Crippen LogP contribution is -2.51. The number of carbonyl (C=O) groups is 2. The number of nitrogens with zero attached hydrogens (tertiary/aromatic N) is 4. The Balaban J connectivity index is 1.50. The van der Waals surface area contributed by atoms with Gasteiger partial charge >= 0.3 is 0 Å². The van der Waals surface area contributed by atoms with Gasteiger partial charge in [-0.05, 0) is 23.8 Å². The van der Waals surface area contributed by atoms with Crippen molar-refractivity contribution in [1.29, 1.82) is 0 Å². The Kier molecular flexibility index (Phi) is 3.83. The minimum absolute atomic E-state index is 0.0393. The van der Waals surface area contributed by atoms with Gasteiger partial charge in [0.1, 0.15) is 12.1 Å². The van der Waals surface area contributed by atoms with E-state index in [1.54, 1.807) is 4.90 Å². The predicted molar refractivity (Wildman–Crippen MR) is 87.6 cm³/mol. The van der Waals surface area contributed by atoms with Gasteiger partial charge in [0.05, 0.1) is 5.92 Å². The molecule has 8 nitrogen and oxygen atoms in total. The molecule has 4 rings (SSSR count). The molecular formula is C16H17FN6O2. The van der Waals surface area contributed by atoms with Gasteiger partial charge < -0.3 is 15.1 Å². The molecule has 0 radical (unpaired) electrons. The van der Waals surface area contributed by atoms with Crippen LogP contribution in [0.15, 0.2) is 24.5 Å². The number of anilines is 2. The summed E-state index contributed by atoms with van der Waals surface area (Å²) in [5, 5.41) is 9.33. The summed E-state index contributed by atoms with van der Waals surface area (Å²) in [6.45, 7) is 2.27. The molecule has 9 heteroatoms. The van der Waals surface area contributed by atoms with Crippen LogP contribution in [-0.2, 0) is 9.59 Å². The molecule has 130 valence electrons. The average Bonchev–Trinajstić information content (AvgIpc) is 3.16. The van der Waals surface area contributed by atoms with Crippen molar-refractivity contribution in [2.75, 3.05) is 36.4 Å². The zero-order valence-corrected chi connectivity index (χ0v) is 13.4. The van der Waals surface area contributed by atoms with Gasteiger partial charge in [-0.25, -0.2) is 9.49 Å². The van der Waals surface area contributed by atoms with E-state index in [-0.39, 0.29) is 18.2 Å². The number of piperazine rings is 1. The lowest BCUT2D eigenvalue weighted by molar-refractivity contribution is -0.135. The fraction of sp³-hybridized carbons (Fsp3) is 0.375. The van der Waals surface area contributed by atoms with Crippen LogP contribution in [0.2, 0.25) is 0 Å². The van der Waals surface area contributed by atoms with Crippen molar-refractivity contribution in [3.63, 3.8) is 0 Å². The second-order valence-corrected chi connectivity index (χ2v) is 6.16. The third-order valence-electron chi connectivity index (χ3n) is 4.64. The summed E-state index contributed by atoms with van der Waals surface area (Å²) in [6.07, 6.45) is 1.48. The molecular weight excluding hydrogens is 327 g/mol. The molecule has 1 aromatic carbocycles. The van der Waals surface area contributed by atoms with Crippen molar-refractivity contribution in [3.8, 4) is 0 Å². The van der Waals surface area contributed by atoms with Gasteiger partial charge in [0.15, 0.2) is 0 Å². The molecule has 25 heavy (non-hydrogen) atoms. The number of halogens is 1. The Hall–Kier alpha value is -2.97. The smallest absolute Gasteiger partial charge is 0.230 e. The van der Waals surface area contributed by atoms with E-state index in [4.69, 9.17) is 0 Å². The molecule has 1 aromatic heterocycles. The predicted octanol–water partition coefficient (Wildman–Crippen LogP) is 0.718. The molecule has 3 heterocycles. The molecule has 2 aliphatic heterocycles. The number of hydrogen-bond acceptors (Lipinski definition) is 5. The van der Waals surface area contributed by atoms with Crippen LogP contribution in [0, 0.1) is 5.82 Å². The number of amides is 2. The maximum absolute atomic E-state index is 13.6. The van der Waals surface area contributed by atoms with E-state index in [0.29, 0.717) is 43.4 Å². The standard InChI is InChI=1S/C16H17FN6O2/c17-10-1-2-13-11(7-10)12(8-14(24)20-13)15(25)22-3-5-23(6-4-22)16-18-9-19-21-16/h1-2,7,9,12H,3-6,8H2,(H,20,24)(H,18,19,21)/t12-/m0/s1. The zero-order valence-electron chi connectivity index (χ0n) is 13.4. The first-order valence-corrected chi connectivity index (χ1v) is 8.10. The monoisotopic (exact) mass is 344 g/mol. The molecule has 1 atom stereocenters. The fourth-order valence-corrected chi connectivity index (χ4v) is 3.36. The average molecular weight is 344 g/mol. The third kappa shape index (κ3) is 2.92. The normalized spacial score (nSPS) is 20.2. The van der Waals surface area contributed by atoms with Gasteiger partial charge in [-0.15, -0.1) is 0 Å². The van der Waals surface area contributed by atoms with Crippen molar-refractivity contribution in [2.24, 2.45) is 0 Å². The van der Waals surface area contributed by atoms with Gasteiger partial charge in [0.2, 0.25) is 17.8 Å². The van der Waals surface area contributed by atoms with E-state index in [1.807, 2.05) is 4.90 Å². The Bertz CT molecular complexity index is 801. The van der Waals surface area contributed by atoms with Crippen molar-refractivity contribution < 1.29 is 14.0 Å². The molecule has 2 aromatic rings. The molecule has 2 aliphatic rings. The lowest BCUT2D eigenvalue weighted by Gasteiger charge is -2.37. The Morgan fingerprint density at radius 1 is 1.24 bits per heavy atom. The molecule has 0 spiro atoms. The third-order valence-corrected chi connectivity index (χ3v) is 4.64. The molecule has 2 amide bonds. The maximum Gasteiger partial charge on any atom is 0.230 e. The number of rotatable bonds is 2. The van der Waals surface area contributed by atoms with Gasteiger partial charge in [0.25, 0.3) is 0 Å². The van der Waals surface area contributed by atoms with Gasteiger partial charge in [-0.3, -0.25) is 9.59 Å². The quantitative estimate of drug-likeness (QED) is 0.837. The van der Waals surface area contributed by atoms with Crippen LogP contribution < -0.4 is 10.2 Å². The highest BCUT2D eigenvalue weighted by molar-refractivity contribution is 6.01. The minimum atomic E-state index is -0.642. The number of aromatic amines is 1. The van der Waals surface area contributed by atoms with Crippen LogP contribution >= 0.6 is 0 Å². The number of carbonyl (C=O) groups excluding carboxylic acids is 2. The first-order valence-electron chi connectivity index (χ1n) is 8.10. The zero-order chi connectivity index (χ0) is 17.4. The first-order chi connectivity index (χ1) is 12.1. The van der Waals surface area contributed by atoms with Crippen LogP contribution in [0.3, 0.4) is 0 Å². The maximum atomic E-state index is 13.6. The summed E-state index contributed by atoms with van der Waals surface area (Å²) in [6, 6.07) is 4.12. The first kappa shape index (κ1) is 15.6. The van der Waals surface area contributed by atoms with Gasteiger partial charge in [-0.1, -0.05) is 0 Å². The summed E-state index contributed by atoms with van der Waals surface area (Å²) in [4.78, 5) is 32.7. The summed E-state index contributed by atoms with van der Waals surface area (Å²) in [5.74, 6) is -0.743. The Morgan fingerprint density at radius 2 is 2.04 bits per heavy atom. The van der Waals surface area contributed by atoms with E-state index < -0.39 is 11.7 Å². The molecule has 0 bridgehead atoms. The highest BCUT2D eigenvalue weighted by Gasteiger charge is 2.35. The van der Waals surface area contributed by atoms with E-state index >= 15 is 0 Å². The number of aromatic nitrogens is 3. The Morgan fingerprint density at radius 3 is 2.76 bits per heavy atom. The highest BCUT2D eigenvalue weighted by Crippen LogP contribution is 2.34. The topological polar surface area (TPSA) is 94.2 Å². The largest absolute Gasteiger partial charge is 0.339 e. The van der Waals surface area contributed by atoms with Crippen LogP contribution in [0.5, 0.6) is 0 Å². The molecule has 1 saturated heterocycles. The number of nitrogens with one attached hydrogen (secondary N) is 2. The molecule has 1 fully saturated rings. The number of hydrogen-bond donors (Lipinski definition) is 2. The van der Waals surface area contributed by atoms with E-state index in [9.17, 15) is 14.0 Å². The van der Waals surface area contributed by atoms with E-state index in [2.05, 4.69) is 20.5 Å². The molecule has 2 N–H and O–H groups in total. The molecule has 0 saturated carbocycles.